The predicted molar refractivity (Wildman–Crippen MR) is 141 cm³/mol. The van der Waals surface area contributed by atoms with Gasteiger partial charge in [0.2, 0.25) is 0 Å². The van der Waals surface area contributed by atoms with Crippen LogP contribution in [0.5, 0.6) is 0 Å². The summed E-state index contributed by atoms with van der Waals surface area (Å²) in [6.07, 6.45) is 9.34. The van der Waals surface area contributed by atoms with E-state index in [1.54, 1.807) is 0 Å². The summed E-state index contributed by atoms with van der Waals surface area (Å²) in [5, 5.41) is 0.745. The van der Waals surface area contributed by atoms with Crippen LogP contribution in [0.4, 0.5) is 0 Å². The predicted octanol–water partition coefficient (Wildman–Crippen LogP) is 6.95. The monoisotopic (exact) mass is 494 g/mol. The molecule has 2 saturated heterocycles. The molecule has 0 bridgehead atoms. The average molecular weight is 495 g/mol. The molecule has 0 aromatic carbocycles. The first-order chi connectivity index (χ1) is 13.5. The lowest BCUT2D eigenvalue weighted by Crippen LogP contribution is -2.29. The van der Waals surface area contributed by atoms with Crippen molar-refractivity contribution < 1.29 is 0 Å². The summed E-state index contributed by atoms with van der Waals surface area (Å²) in [7, 11) is 7.76. The Morgan fingerprint density at radius 1 is 0.929 bits per heavy atom. The van der Waals surface area contributed by atoms with Gasteiger partial charge in [-0.3, -0.25) is 0 Å². The van der Waals surface area contributed by atoms with E-state index < -0.39 is 0 Å². The summed E-state index contributed by atoms with van der Waals surface area (Å²) in [6, 6.07) is 0. The molecule has 0 amide bonds. The molecule has 160 valence electrons. The van der Waals surface area contributed by atoms with Crippen molar-refractivity contribution in [2.75, 3.05) is 31.9 Å². The summed E-state index contributed by atoms with van der Waals surface area (Å²) in [4.78, 5) is 4.78. The molecule has 3 fully saturated rings. The van der Waals surface area contributed by atoms with Crippen LogP contribution < -0.4 is 0 Å². The molecule has 0 aromatic rings. The lowest BCUT2D eigenvalue weighted by Gasteiger charge is -2.36. The van der Waals surface area contributed by atoms with Crippen LogP contribution in [0.2, 0.25) is 0 Å². The zero-order valence-corrected chi connectivity index (χ0v) is 22.0. The first kappa shape index (κ1) is 23.8. The van der Waals surface area contributed by atoms with Gasteiger partial charge in [-0.15, -0.1) is 0 Å². The maximum Gasteiger partial charge on any atom is 0.147 e. The van der Waals surface area contributed by atoms with Crippen molar-refractivity contribution in [3.05, 3.63) is 0 Å². The molecule has 2 heterocycles. The summed E-state index contributed by atoms with van der Waals surface area (Å²) in [5.41, 5.74) is 0. The van der Waals surface area contributed by atoms with Crippen LogP contribution >= 0.6 is 67.6 Å². The Labute approximate surface area is 198 Å². The summed E-state index contributed by atoms with van der Waals surface area (Å²) in [5.74, 6) is 3.65. The van der Waals surface area contributed by atoms with Crippen LogP contribution in [-0.4, -0.2) is 55.6 Å². The molecule has 1 aliphatic carbocycles. The molecule has 0 aromatic heterocycles. The number of hydrogen-bond donors (Lipinski definition) is 0. The lowest BCUT2D eigenvalue weighted by molar-refractivity contribution is 0.245. The van der Waals surface area contributed by atoms with E-state index in [9.17, 15) is 0 Å². The van der Waals surface area contributed by atoms with E-state index in [-0.39, 0.29) is 0 Å². The number of likely N-dealkylation sites (tertiary alicyclic amines) is 2. The third-order valence-corrected chi connectivity index (χ3v) is 13.4. The van der Waals surface area contributed by atoms with E-state index in [0.717, 1.165) is 31.6 Å². The van der Waals surface area contributed by atoms with Crippen molar-refractivity contribution >= 4 is 76.3 Å². The Kier molecular flexibility index (Phi) is 10.5. The summed E-state index contributed by atoms with van der Waals surface area (Å²) < 4.78 is 2.22. The number of hydrogen-bond acceptors (Lipinski definition) is 6. The molecule has 2 aliphatic heterocycles. The van der Waals surface area contributed by atoms with Crippen molar-refractivity contribution in [1.29, 1.82) is 0 Å². The van der Waals surface area contributed by atoms with Crippen molar-refractivity contribution in [3.8, 4) is 0 Å². The minimum absolute atomic E-state index is 0.745. The van der Waals surface area contributed by atoms with Crippen molar-refractivity contribution in [2.24, 2.45) is 17.8 Å². The van der Waals surface area contributed by atoms with Gasteiger partial charge < -0.3 is 9.80 Å². The Bertz CT molecular complexity index is 519. The van der Waals surface area contributed by atoms with E-state index in [4.69, 9.17) is 24.4 Å². The minimum atomic E-state index is 0.745. The first-order valence-corrected chi connectivity index (χ1v) is 16.1. The summed E-state index contributed by atoms with van der Waals surface area (Å²) in [6.45, 7) is 9.56. The minimum Gasteiger partial charge on any atom is -0.357 e. The van der Waals surface area contributed by atoms with Crippen LogP contribution in [0, 0.1) is 17.8 Å². The average Bonchev–Trinajstić information content (AvgIpc) is 3.40. The largest absolute Gasteiger partial charge is 0.357 e. The number of rotatable bonds is 6. The quantitative estimate of drug-likeness (QED) is 0.285. The van der Waals surface area contributed by atoms with Gasteiger partial charge in [-0.25, -0.2) is 0 Å². The van der Waals surface area contributed by atoms with Gasteiger partial charge in [0, 0.05) is 37.2 Å². The second-order valence-electron chi connectivity index (χ2n) is 8.53. The fraction of sp³-hybridized carbons (Fsp3) is 0.900. The van der Waals surface area contributed by atoms with Crippen molar-refractivity contribution in [2.45, 2.75) is 64.0 Å². The van der Waals surface area contributed by atoms with Gasteiger partial charge in [-0.2, -0.15) is 0 Å². The molecule has 28 heavy (non-hydrogen) atoms. The van der Waals surface area contributed by atoms with Gasteiger partial charge in [0.15, 0.2) is 0 Å². The molecule has 4 atom stereocenters. The highest BCUT2D eigenvalue weighted by Crippen LogP contribution is 2.45. The second-order valence-corrected chi connectivity index (χ2v) is 14.6. The van der Waals surface area contributed by atoms with E-state index in [0.29, 0.717) is 0 Å². The van der Waals surface area contributed by atoms with Gasteiger partial charge in [0.05, 0.1) is 0 Å². The molecule has 3 rings (SSSR count). The van der Waals surface area contributed by atoms with Crippen LogP contribution in [0.15, 0.2) is 0 Å². The maximum absolute atomic E-state index is 5.67. The Morgan fingerprint density at radius 3 is 2.11 bits per heavy atom. The lowest BCUT2D eigenvalue weighted by atomic mass is 9.77. The highest BCUT2D eigenvalue weighted by Gasteiger charge is 2.32. The number of nitrogens with zero attached hydrogens (tertiary/aromatic N) is 2. The maximum atomic E-state index is 5.67. The highest BCUT2D eigenvalue weighted by molar-refractivity contribution is 8.84. The highest BCUT2D eigenvalue weighted by atomic mass is 33.1. The van der Waals surface area contributed by atoms with Gasteiger partial charge in [-0.1, -0.05) is 59.9 Å². The molecule has 8 heteroatoms. The Balaban J connectivity index is 1.37. The van der Waals surface area contributed by atoms with Gasteiger partial charge in [-0.05, 0) is 84.3 Å². The van der Waals surface area contributed by atoms with Crippen molar-refractivity contribution in [3.63, 3.8) is 0 Å². The Morgan fingerprint density at radius 2 is 1.50 bits per heavy atom. The third-order valence-electron chi connectivity index (χ3n) is 6.40. The smallest absolute Gasteiger partial charge is 0.147 e. The number of thiocarbonyl (C=S) groups is 2. The van der Waals surface area contributed by atoms with Gasteiger partial charge in [0.25, 0.3) is 0 Å². The van der Waals surface area contributed by atoms with Crippen LogP contribution in [0.1, 0.15) is 58.8 Å². The molecule has 1 saturated carbocycles. The molecule has 0 N–H and O–H groups in total. The molecule has 4 unspecified atom stereocenters. The zero-order chi connectivity index (χ0) is 19.9. The van der Waals surface area contributed by atoms with E-state index in [2.05, 4.69) is 34.4 Å². The second kappa shape index (κ2) is 12.3. The van der Waals surface area contributed by atoms with Gasteiger partial charge in [0.1, 0.15) is 8.64 Å². The van der Waals surface area contributed by atoms with Crippen LogP contribution in [0.3, 0.4) is 0 Å². The fourth-order valence-electron chi connectivity index (χ4n) is 4.30. The third kappa shape index (κ3) is 7.11. The standard InChI is InChI=1S/C20H34N2S6/c1-15-7-8-17(13-18(15)26-28-20(24)22-11-5-6-12-22)16(2)14-25-27-19(23)21-9-3-4-10-21/h15-18H,3-14H2,1-2H3. The molecular formula is C20H34N2S6. The molecule has 0 radical (unpaired) electrons. The van der Waals surface area contributed by atoms with E-state index in [1.807, 2.05) is 32.4 Å². The first-order valence-electron chi connectivity index (χ1n) is 10.7. The van der Waals surface area contributed by atoms with Crippen LogP contribution in [-0.2, 0) is 0 Å². The summed E-state index contributed by atoms with van der Waals surface area (Å²) >= 11 is 11.3. The molecule has 3 aliphatic rings. The molecular weight excluding hydrogens is 461 g/mol. The topological polar surface area (TPSA) is 6.48 Å². The van der Waals surface area contributed by atoms with Crippen molar-refractivity contribution in [1.82, 2.24) is 9.80 Å². The van der Waals surface area contributed by atoms with E-state index in [1.165, 1.54) is 76.9 Å². The molecule has 2 nitrogen and oxygen atoms in total. The van der Waals surface area contributed by atoms with E-state index >= 15 is 0 Å². The Hall–Kier alpha value is 1.18. The van der Waals surface area contributed by atoms with Crippen LogP contribution in [0.25, 0.3) is 0 Å². The van der Waals surface area contributed by atoms with Gasteiger partial charge >= 0.3 is 0 Å². The SMILES string of the molecule is CC(CSSC(=S)N1CCCC1)C1CCC(C)C(SSC(=S)N2CCCC2)C1. The fourth-order valence-corrected chi connectivity index (χ4v) is 10.7. The molecule has 0 spiro atoms. The normalized spacial score (nSPS) is 29.3. The zero-order valence-electron chi connectivity index (χ0n) is 17.1.